The van der Waals surface area contributed by atoms with Crippen LogP contribution in [0, 0.1) is 5.92 Å². The first-order chi connectivity index (χ1) is 17.3. The Morgan fingerprint density at radius 3 is 2.44 bits per heavy atom. The Hall–Kier alpha value is -3.72. The minimum atomic E-state index is -0.823. The third-order valence-electron chi connectivity index (χ3n) is 5.71. The number of nitrogens with zero attached hydrogens (tertiary/aromatic N) is 1. The molecule has 2 amide bonds. The topological polar surface area (TPSA) is 111 Å². The quantitative estimate of drug-likeness (QED) is 0.503. The number of nitrogens with one attached hydrogen (secondary N) is 1. The number of hydrogen-bond acceptors (Lipinski definition) is 7. The number of likely N-dealkylation sites (tertiary alicyclic amines) is 1. The number of Topliss-reactive ketones (excluding diaryl/α,β-unsaturated/α-hetero) is 1. The summed E-state index contributed by atoms with van der Waals surface area (Å²) < 4.78 is 15.8. The Labute approximate surface area is 210 Å². The molecule has 1 aliphatic heterocycles. The molecule has 2 atom stereocenters. The fourth-order valence-corrected chi connectivity index (χ4v) is 3.89. The van der Waals surface area contributed by atoms with Gasteiger partial charge in [0, 0.05) is 0 Å². The molecular weight excluding hydrogens is 464 g/mol. The SMILES string of the molecule is COC(=O)c1cccc(COC2CN(C(=O)C(CC(C)C)NC(=O)OCc3ccccc3)CC2=O)c1. The lowest BCUT2D eigenvalue weighted by Crippen LogP contribution is -2.49. The molecule has 2 aromatic carbocycles. The highest BCUT2D eigenvalue weighted by atomic mass is 16.5. The van der Waals surface area contributed by atoms with E-state index in [0.717, 1.165) is 5.56 Å². The highest BCUT2D eigenvalue weighted by molar-refractivity contribution is 5.95. The molecule has 9 heteroatoms. The molecule has 1 fully saturated rings. The molecule has 2 unspecified atom stereocenters. The van der Waals surface area contributed by atoms with Gasteiger partial charge in [0.25, 0.3) is 0 Å². The molecule has 0 saturated carbocycles. The van der Waals surface area contributed by atoms with E-state index in [4.69, 9.17) is 14.2 Å². The Morgan fingerprint density at radius 1 is 1.03 bits per heavy atom. The summed E-state index contributed by atoms with van der Waals surface area (Å²) in [5.41, 5.74) is 1.92. The number of rotatable bonds is 10. The largest absolute Gasteiger partial charge is 0.465 e. The van der Waals surface area contributed by atoms with Gasteiger partial charge in [-0.2, -0.15) is 0 Å². The fourth-order valence-electron chi connectivity index (χ4n) is 3.89. The van der Waals surface area contributed by atoms with Crippen LogP contribution in [0.2, 0.25) is 0 Å². The van der Waals surface area contributed by atoms with Crippen molar-refractivity contribution in [1.29, 1.82) is 0 Å². The van der Waals surface area contributed by atoms with E-state index < -0.39 is 24.2 Å². The first kappa shape index (κ1) is 26.9. The van der Waals surface area contributed by atoms with Gasteiger partial charge >= 0.3 is 12.1 Å². The van der Waals surface area contributed by atoms with Crippen LogP contribution in [-0.2, 0) is 37.0 Å². The van der Waals surface area contributed by atoms with Gasteiger partial charge in [-0.1, -0.05) is 56.3 Å². The zero-order valence-corrected chi connectivity index (χ0v) is 20.8. The van der Waals surface area contributed by atoms with Crippen molar-refractivity contribution in [2.45, 2.75) is 45.6 Å². The Bertz CT molecular complexity index is 1070. The number of ketones is 1. The second kappa shape index (κ2) is 12.8. The summed E-state index contributed by atoms with van der Waals surface area (Å²) in [6, 6.07) is 15.2. The van der Waals surface area contributed by atoms with Crippen LogP contribution in [0.1, 0.15) is 41.8 Å². The lowest BCUT2D eigenvalue weighted by atomic mass is 10.0. The maximum absolute atomic E-state index is 13.2. The summed E-state index contributed by atoms with van der Waals surface area (Å²) in [4.78, 5) is 51.3. The number of carbonyl (C=O) groups excluding carboxylic acids is 4. The number of carbonyl (C=O) groups is 4. The average Bonchev–Trinajstić information content (AvgIpc) is 3.25. The van der Waals surface area contributed by atoms with E-state index in [1.54, 1.807) is 24.3 Å². The monoisotopic (exact) mass is 496 g/mol. The van der Waals surface area contributed by atoms with Gasteiger partial charge in [0.05, 0.1) is 32.4 Å². The predicted molar refractivity (Wildman–Crippen MR) is 131 cm³/mol. The summed E-state index contributed by atoms with van der Waals surface area (Å²) >= 11 is 0. The van der Waals surface area contributed by atoms with Crippen molar-refractivity contribution >= 4 is 23.8 Å². The van der Waals surface area contributed by atoms with Crippen LogP contribution in [-0.4, -0.2) is 61.0 Å². The number of benzene rings is 2. The molecule has 0 spiro atoms. The van der Waals surface area contributed by atoms with Crippen molar-refractivity contribution in [3.8, 4) is 0 Å². The first-order valence-electron chi connectivity index (χ1n) is 11.8. The lowest BCUT2D eigenvalue weighted by Gasteiger charge is -2.25. The zero-order chi connectivity index (χ0) is 26.1. The van der Waals surface area contributed by atoms with Crippen LogP contribution in [0.15, 0.2) is 54.6 Å². The van der Waals surface area contributed by atoms with Gasteiger partial charge in [-0.15, -0.1) is 0 Å². The lowest BCUT2D eigenvalue weighted by molar-refractivity contribution is -0.134. The summed E-state index contributed by atoms with van der Waals surface area (Å²) in [5.74, 6) is -0.910. The summed E-state index contributed by atoms with van der Waals surface area (Å²) in [7, 11) is 1.30. The van der Waals surface area contributed by atoms with Crippen LogP contribution >= 0.6 is 0 Å². The number of ether oxygens (including phenoxy) is 3. The Kier molecular flexibility index (Phi) is 9.58. The highest BCUT2D eigenvalue weighted by Gasteiger charge is 2.37. The van der Waals surface area contributed by atoms with E-state index in [1.165, 1.54) is 12.0 Å². The van der Waals surface area contributed by atoms with Crippen molar-refractivity contribution in [3.63, 3.8) is 0 Å². The van der Waals surface area contributed by atoms with E-state index in [1.807, 2.05) is 44.2 Å². The smallest absolute Gasteiger partial charge is 0.408 e. The van der Waals surface area contributed by atoms with Crippen molar-refractivity contribution in [1.82, 2.24) is 10.2 Å². The minimum absolute atomic E-state index is 0.0870. The van der Waals surface area contributed by atoms with E-state index >= 15 is 0 Å². The molecule has 36 heavy (non-hydrogen) atoms. The fraction of sp³-hybridized carbons (Fsp3) is 0.407. The second-order valence-corrected chi connectivity index (χ2v) is 9.06. The van der Waals surface area contributed by atoms with Gasteiger partial charge in [-0.3, -0.25) is 9.59 Å². The van der Waals surface area contributed by atoms with Crippen LogP contribution in [0.25, 0.3) is 0 Å². The molecule has 0 radical (unpaired) electrons. The van der Waals surface area contributed by atoms with Gasteiger partial charge in [0.2, 0.25) is 5.91 Å². The van der Waals surface area contributed by atoms with E-state index in [0.29, 0.717) is 17.5 Å². The Balaban J connectivity index is 1.56. The Morgan fingerprint density at radius 2 is 1.75 bits per heavy atom. The maximum Gasteiger partial charge on any atom is 0.408 e. The van der Waals surface area contributed by atoms with Gasteiger partial charge < -0.3 is 24.4 Å². The standard InChI is InChI=1S/C27H32N2O7/c1-18(2)12-22(28-27(33)36-16-19-8-5-4-6-9-19)25(31)29-14-23(30)24(15-29)35-17-20-10-7-11-21(13-20)26(32)34-3/h4-11,13,18,22,24H,12,14-17H2,1-3H3,(H,28,33). The molecule has 1 heterocycles. The van der Waals surface area contributed by atoms with E-state index in [9.17, 15) is 19.2 Å². The maximum atomic E-state index is 13.2. The van der Waals surface area contributed by atoms with Gasteiger partial charge in [0.1, 0.15) is 18.8 Å². The third kappa shape index (κ3) is 7.64. The number of amides is 2. The molecule has 0 bridgehead atoms. The number of esters is 1. The van der Waals surface area contributed by atoms with Crippen LogP contribution in [0.4, 0.5) is 4.79 Å². The molecule has 1 saturated heterocycles. The van der Waals surface area contributed by atoms with Crippen LogP contribution in [0.5, 0.6) is 0 Å². The molecule has 0 aliphatic carbocycles. The first-order valence-corrected chi connectivity index (χ1v) is 11.8. The number of hydrogen-bond donors (Lipinski definition) is 1. The van der Waals surface area contributed by atoms with Gasteiger partial charge in [-0.05, 0) is 35.6 Å². The average molecular weight is 497 g/mol. The molecule has 192 valence electrons. The minimum Gasteiger partial charge on any atom is -0.465 e. The third-order valence-corrected chi connectivity index (χ3v) is 5.71. The zero-order valence-electron chi connectivity index (χ0n) is 20.8. The summed E-state index contributed by atoms with van der Waals surface area (Å²) in [6.45, 7) is 4.07. The van der Waals surface area contributed by atoms with Crippen LogP contribution in [0.3, 0.4) is 0 Å². The molecule has 0 aromatic heterocycles. The van der Waals surface area contributed by atoms with E-state index in [2.05, 4.69) is 5.32 Å². The summed E-state index contributed by atoms with van der Waals surface area (Å²) in [5, 5.41) is 2.66. The molecule has 2 aromatic rings. The van der Waals surface area contributed by atoms with Crippen LogP contribution < -0.4 is 5.32 Å². The van der Waals surface area contributed by atoms with Gasteiger partial charge in [0.15, 0.2) is 5.78 Å². The summed E-state index contributed by atoms with van der Waals surface area (Å²) in [6.07, 6.45) is -1.09. The molecule has 1 N–H and O–H groups in total. The molecule has 9 nitrogen and oxygen atoms in total. The van der Waals surface area contributed by atoms with Crippen molar-refractivity contribution in [3.05, 3.63) is 71.3 Å². The van der Waals surface area contributed by atoms with Crippen molar-refractivity contribution in [2.24, 2.45) is 5.92 Å². The number of alkyl carbamates (subject to hydrolysis) is 1. The molecule has 3 rings (SSSR count). The van der Waals surface area contributed by atoms with E-state index in [-0.39, 0.29) is 43.9 Å². The highest BCUT2D eigenvalue weighted by Crippen LogP contribution is 2.17. The second-order valence-electron chi connectivity index (χ2n) is 9.06. The predicted octanol–water partition coefficient (Wildman–Crippen LogP) is 3.11. The molecule has 1 aliphatic rings. The van der Waals surface area contributed by atoms with Gasteiger partial charge in [-0.25, -0.2) is 9.59 Å². The number of methoxy groups -OCH3 is 1. The van der Waals surface area contributed by atoms with Crippen molar-refractivity contribution in [2.75, 3.05) is 20.2 Å². The normalized spacial score (nSPS) is 16.1. The van der Waals surface area contributed by atoms with Crippen molar-refractivity contribution < 1.29 is 33.4 Å². The molecular formula is C27H32N2O7.